The van der Waals surface area contributed by atoms with Crippen LogP contribution in [0.1, 0.15) is 12.1 Å². The number of H-pyrrole nitrogens is 1. The predicted molar refractivity (Wildman–Crippen MR) is 59.9 cm³/mol. The van der Waals surface area contributed by atoms with E-state index >= 15 is 0 Å². The normalized spacial score (nSPS) is 9.69. The second-order valence-electron chi connectivity index (χ2n) is 3.04. The van der Waals surface area contributed by atoms with Crippen molar-refractivity contribution < 1.29 is 4.79 Å². The fourth-order valence-corrected chi connectivity index (χ4v) is 1.61. The highest BCUT2D eigenvalue weighted by Gasteiger charge is 2.00. The Morgan fingerprint density at radius 1 is 1.62 bits per heavy atom. The smallest absolute Gasteiger partial charge is 0.304 e. The zero-order chi connectivity index (χ0) is 11.8. The molecule has 0 aliphatic rings. The van der Waals surface area contributed by atoms with Gasteiger partial charge in [0.1, 0.15) is 0 Å². The molecule has 3 N–H and O–H groups in total. The van der Waals surface area contributed by atoms with Crippen LogP contribution in [-0.4, -0.2) is 24.0 Å². The van der Waals surface area contributed by atoms with E-state index in [-0.39, 0.29) is 17.3 Å². The van der Waals surface area contributed by atoms with Crippen LogP contribution in [-0.2, 0) is 11.3 Å². The van der Waals surface area contributed by atoms with Crippen molar-refractivity contribution in [3.63, 3.8) is 0 Å². The molecule has 0 fully saturated rings. The number of thiazole rings is 1. The predicted octanol–water partition coefficient (Wildman–Crippen LogP) is -0.444. The van der Waals surface area contributed by atoms with Gasteiger partial charge in [0.05, 0.1) is 19.0 Å². The highest BCUT2D eigenvalue weighted by molar-refractivity contribution is 7.07. The third kappa shape index (κ3) is 4.72. The molecule has 0 unspecified atom stereocenters. The Balaban J connectivity index is 2.13. The molecule has 1 rings (SSSR count). The Morgan fingerprint density at radius 2 is 2.44 bits per heavy atom. The molecule has 1 aromatic heterocycles. The number of carbonyl (C=O) groups excluding carboxylic acids is 1. The number of carbonyl (C=O) groups is 1. The summed E-state index contributed by atoms with van der Waals surface area (Å²) in [6.07, 6.45) is 0.309. The van der Waals surface area contributed by atoms with Crippen LogP contribution in [0.5, 0.6) is 0 Å². The first-order chi connectivity index (χ1) is 7.72. The number of hydrogen-bond donors (Lipinski definition) is 3. The molecule has 0 aliphatic carbocycles. The summed E-state index contributed by atoms with van der Waals surface area (Å²) in [5, 5.41) is 15.4. The molecule has 0 aromatic carbocycles. The van der Waals surface area contributed by atoms with Gasteiger partial charge in [-0.15, -0.1) is 0 Å². The molecule has 7 heteroatoms. The fourth-order valence-electron chi connectivity index (χ4n) is 1.03. The molecule has 86 valence electrons. The van der Waals surface area contributed by atoms with Crippen molar-refractivity contribution in [1.29, 1.82) is 5.26 Å². The highest BCUT2D eigenvalue weighted by atomic mass is 32.1. The van der Waals surface area contributed by atoms with Crippen LogP contribution in [0, 0.1) is 11.3 Å². The molecule has 16 heavy (non-hydrogen) atoms. The molecule has 0 aliphatic heterocycles. The van der Waals surface area contributed by atoms with Crippen LogP contribution in [0.3, 0.4) is 0 Å². The summed E-state index contributed by atoms with van der Waals surface area (Å²) in [5.74, 6) is -0.159. The van der Waals surface area contributed by atoms with Crippen molar-refractivity contribution in [2.75, 3.05) is 13.1 Å². The molecule has 1 amide bonds. The van der Waals surface area contributed by atoms with E-state index in [9.17, 15) is 9.59 Å². The lowest BCUT2D eigenvalue weighted by Gasteiger charge is -2.03. The van der Waals surface area contributed by atoms with E-state index in [0.29, 0.717) is 19.5 Å². The summed E-state index contributed by atoms with van der Waals surface area (Å²) in [6, 6.07) is 1.93. The van der Waals surface area contributed by atoms with Crippen LogP contribution in [0.25, 0.3) is 0 Å². The van der Waals surface area contributed by atoms with Crippen molar-refractivity contribution in [2.24, 2.45) is 0 Å². The van der Waals surface area contributed by atoms with Gasteiger partial charge in [-0.1, -0.05) is 11.3 Å². The van der Waals surface area contributed by atoms with Crippen LogP contribution in [0.15, 0.2) is 10.2 Å². The minimum atomic E-state index is -0.159. The topological polar surface area (TPSA) is 97.8 Å². The summed E-state index contributed by atoms with van der Waals surface area (Å²) >= 11 is 1.09. The molecule has 0 saturated heterocycles. The summed E-state index contributed by atoms with van der Waals surface area (Å²) in [6.45, 7) is 0.986. The zero-order valence-corrected chi connectivity index (χ0v) is 9.39. The van der Waals surface area contributed by atoms with Crippen molar-refractivity contribution in [3.8, 4) is 6.07 Å². The standard InChI is InChI=1S/C9H12N4O2S/c10-2-1-3-12-8(14)5-11-4-7-6-16-9(15)13-7/h6,11H,1,3-5H2,(H,12,14)(H,13,15). The number of aromatic amines is 1. The number of rotatable bonds is 6. The Morgan fingerprint density at radius 3 is 3.06 bits per heavy atom. The van der Waals surface area contributed by atoms with Gasteiger partial charge >= 0.3 is 4.87 Å². The third-order valence-electron chi connectivity index (χ3n) is 1.73. The maximum atomic E-state index is 11.2. The number of hydrogen-bond acceptors (Lipinski definition) is 5. The second kappa shape index (κ2) is 6.76. The Labute approximate surface area is 96.3 Å². The van der Waals surface area contributed by atoms with E-state index in [1.165, 1.54) is 0 Å². The van der Waals surface area contributed by atoms with Gasteiger partial charge in [-0.2, -0.15) is 5.26 Å². The Hall–Kier alpha value is -1.65. The van der Waals surface area contributed by atoms with Gasteiger partial charge in [-0.3, -0.25) is 9.59 Å². The molecule has 1 heterocycles. The minimum Gasteiger partial charge on any atom is -0.354 e. The molecule has 0 spiro atoms. The number of nitrogens with zero attached hydrogens (tertiary/aromatic N) is 1. The monoisotopic (exact) mass is 240 g/mol. The summed E-state index contributed by atoms with van der Waals surface area (Å²) < 4.78 is 0. The van der Waals surface area contributed by atoms with Gasteiger partial charge in [0.25, 0.3) is 0 Å². The molecular formula is C9H12N4O2S. The van der Waals surface area contributed by atoms with E-state index in [2.05, 4.69) is 15.6 Å². The number of aromatic nitrogens is 1. The molecular weight excluding hydrogens is 228 g/mol. The number of nitrogens with one attached hydrogen (secondary N) is 3. The van der Waals surface area contributed by atoms with E-state index in [4.69, 9.17) is 5.26 Å². The SMILES string of the molecule is N#CCCNC(=O)CNCc1csc(=O)[nH]1. The first kappa shape index (κ1) is 12.4. The van der Waals surface area contributed by atoms with Gasteiger partial charge in [0.15, 0.2) is 0 Å². The van der Waals surface area contributed by atoms with Gasteiger partial charge in [0, 0.05) is 24.2 Å². The van der Waals surface area contributed by atoms with Crippen molar-refractivity contribution >= 4 is 17.2 Å². The summed E-state index contributed by atoms with van der Waals surface area (Å²) in [7, 11) is 0. The third-order valence-corrected chi connectivity index (χ3v) is 2.45. The molecule has 1 aromatic rings. The zero-order valence-electron chi connectivity index (χ0n) is 8.58. The molecule has 0 bridgehead atoms. The average Bonchev–Trinajstić information content (AvgIpc) is 2.65. The second-order valence-corrected chi connectivity index (χ2v) is 3.88. The van der Waals surface area contributed by atoms with Crippen molar-refractivity contribution in [2.45, 2.75) is 13.0 Å². The molecule has 0 atom stereocenters. The van der Waals surface area contributed by atoms with Crippen molar-refractivity contribution in [1.82, 2.24) is 15.6 Å². The highest BCUT2D eigenvalue weighted by Crippen LogP contribution is 1.93. The summed E-state index contributed by atoms with van der Waals surface area (Å²) in [4.78, 5) is 24.5. The van der Waals surface area contributed by atoms with E-state index < -0.39 is 0 Å². The van der Waals surface area contributed by atoms with Gasteiger partial charge in [-0.05, 0) is 0 Å². The Bertz CT molecular complexity index is 431. The van der Waals surface area contributed by atoms with Gasteiger partial charge in [-0.25, -0.2) is 0 Å². The van der Waals surface area contributed by atoms with Crippen molar-refractivity contribution in [3.05, 3.63) is 20.7 Å². The lowest BCUT2D eigenvalue weighted by Crippen LogP contribution is -2.34. The maximum Gasteiger partial charge on any atom is 0.304 e. The average molecular weight is 240 g/mol. The van der Waals surface area contributed by atoms with Gasteiger partial charge in [0.2, 0.25) is 5.91 Å². The fraction of sp³-hybridized carbons (Fsp3) is 0.444. The van der Waals surface area contributed by atoms with Gasteiger partial charge < -0.3 is 15.6 Å². The van der Waals surface area contributed by atoms with E-state index in [0.717, 1.165) is 17.0 Å². The van der Waals surface area contributed by atoms with Crippen LogP contribution in [0.2, 0.25) is 0 Å². The van der Waals surface area contributed by atoms with E-state index in [1.807, 2.05) is 6.07 Å². The number of amides is 1. The maximum absolute atomic E-state index is 11.2. The van der Waals surface area contributed by atoms with E-state index in [1.54, 1.807) is 5.38 Å². The summed E-state index contributed by atoms with van der Waals surface area (Å²) in [5.41, 5.74) is 0.764. The quantitative estimate of drug-likeness (QED) is 0.587. The molecule has 0 radical (unpaired) electrons. The van der Waals surface area contributed by atoms with Crippen LogP contribution >= 0.6 is 11.3 Å². The Kier molecular flexibility index (Phi) is 5.25. The van der Waals surface area contributed by atoms with Crippen LogP contribution in [0.4, 0.5) is 0 Å². The lowest BCUT2D eigenvalue weighted by atomic mass is 10.4. The minimum absolute atomic E-state index is 0.102. The molecule has 0 saturated carbocycles. The molecule has 6 nitrogen and oxygen atoms in total. The first-order valence-electron chi connectivity index (χ1n) is 4.73. The first-order valence-corrected chi connectivity index (χ1v) is 5.61. The number of nitriles is 1. The lowest BCUT2D eigenvalue weighted by molar-refractivity contribution is -0.120. The largest absolute Gasteiger partial charge is 0.354 e. The van der Waals surface area contributed by atoms with Crippen LogP contribution < -0.4 is 15.5 Å².